The Bertz CT molecular complexity index is 574. The minimum atomic E-state index is 0.118. The molecule has 112 valence electrons. The molecule has 0 aliphatic carbocycles. The van der Waals surface area contributed by atoms with E-state index in [0.29, 0.717) is 0 Å². The minimum Gasteiger partial charge on any atom is -0.371 e. The lowest BCUT2D eigenvalue weighted by Crippen LogP contribution is -2.31. The van der Waals surface area contributed by atoms with Crippen LogP contribution in [0.15, 0.2) is 36.9 Å². The highest BCUT2D eigenvalue weighted by Gasteiger charge is 2.17. The monoisotopic (exact) mass is 284 g/mol. The maximum absolute atomic E-state index is 5.99. The molecule has 1 aromatic heterocycles. The maximum atomic E-state index is 5.99. The highest BCUT2D eigenvalue weighted by atomic mass is 15.1. The van der Waals surface area contributed by atoms with Gasteiger partial charge in [-0.2, -0.15) is 0 Å². The van der Waals surface area contributed by atoms with Crippen molar-refractivity contribution in [2.75, 3.05) is 18.0 Å². The lowest BCUT2D eigenvalue weighted by Gasteiger charge is -2.32. The third-order valence-corrected chi connectivity index (χ3v) is 4.25. The molecule has 21 heavy (non-hydrogen) atoms. The van der Waals surface area contributed by atoms with Crippen molar-refractivity contribution < 1.29 is 0 Å². The van der Waals surface area contributed by atoms with Gasteiger partial charge in [0.05, 0.1) is 6.33 Å². The Morgan fingerprint density at radius 2 is 2.24 bits per heavy atom. The Morgan fingerprint density at radius 3 is 3.00 bits per heavy atom. The van der Waals surface area contributed by atoms with Gasteiger partial charge in [-0.1, -0.05) is 12.1 Å². The summed E-state index contributed by atoms with van der Waals surface area (Å²) in [5.41, 5.74) is 10.1. The van der Waals surface area contributed by atoms with Crippen LogP contribution in [0.25, 0.3) is 0 Å². The molecule has 1 aliphatic heterocycles. The van der Waals surface area contributed by atoms with Crippen LogP contribution in [-0.2, 0) is 13.0 Å². The maximum Gasteiger partial charge on any atom is 0.0945 e. The fourth-order valence-corrected chi connectivity index (χ4v) is 3.07. The van der Waals surface area contributed by atoms with Crippen molar-refractivity contribution in [2.45, 2.75) is 38.8 Å². The Hall–Kier alpha value is -1.81. The van der Waals surface area contributed by atoms with Gasteiger partial charge >= 0.3 is 0 Å². The second-order valence-electron chi connectivity index (χ2n) is 5.92. The highest BCUT2D eigenvalue weighted by Crippen LogP contribution is 2.29. The molecule has 2 heterocycles. The zero-order valence-corrected chi connectivity index (χ0v) is 12.7. The molecule has 2 N–H and O–H groups in total. The summed E-state index contributed by atoms with van der Waals surface area (Å²) in [5.74, 6) is 0. The molecule has 0 bridgehead atoms. The molecule has 3 rings (SSSR count). The van der Waals surface area contributed by atoms with Gasteiger partial charge in [-0.25, -0.2) is 4.98 Å². The van der Waals surface area contributed by atoms with Crippen LogP contribution in [0.4, 0.5) is 5.69 Å². The Kier molecular flexibility index (Phi) is 4.25. The average Bonchev–Trinajstić information content (AvgIpc) is 3.00. The molecule has 0 saturated heterocycles. The van der Waals surface area contributed by atoms with Gasteiger partial charge in [0.1, 0.15) is 0 Å². The number of rotatable bonds is 5. The van der Waals surface area contributed by atoms with Crippen molar-refractivity contribution in [3.8, 4) is 0 Å². The number of anilines is 1. The van der Waals surface area contributed by atoms with E-state index in [4.69, 9.17) is 5.73 Å². The number of hydrogen-bond donors (Lipinski definition) is 1. The van der Waals surface area contributed by atoms with Crippen molar-refractivity contribution in [1.29, 1.82) is 0 Å². The number of nitrogens with two attached hydrogens (primary N) is 1. The third kappa shape index (κ3) is 3.27. The molecule has 0 radical (unpaired) electrons. The van der Waals surface area contributed by atoms with Crippen LogP contribution in [0.5, 0.6) is 0 Å². The normalized spacial score (nSPS) is 15.8. The standard InChI is InChI=1S/C17H24N4/c1-14(18)15-5-6-17-16(12-15)4-2-9-21(17)10-3-8-20-11-7-19-13-20/h5-7,11-14H,2-4,8-10,18H2,1H3. The Balaban J connectivity index is 1.66. The predicted octanol–water partition coefficient (Wildman–Crippen LogP) is 2.75. The van der Waals surface area contributed by atoms with E-state index in [1.165, 1.54) is 29.7 Å². The number of nitrogens with zero attached hydrogens (tertiary/aromatic N) is 3. The topological polar surface area (TPSA) is 47.1 Å². The molecular formula is C17H24N4. The molecule has 4 heteroatoms. The van der Waals surface area contributed by atoms with Crippen molar-refractivity contribution in [3.63, 3.8) is 0 Å². The quantitative estimate of drug-likeness (QED) is 0.918. The predicted molar refractivity (Wildman–Crippen MR) is 86.4 cm³/mol. The van der Waals surface area contributed by atoms with Gasteiger partial charge < -0.3 is 15.2 Å². The molecule has 4 nitrogen and oxygen atoms in total. The van der Waals surface area contributed by atoms with Crippen molar-refractivity contribution in [3.05, 3.63) is 48.0 Å². The van der Waals surface area contributed by atoms with Crippen LogP contribution in [0, 0.1) is 0 Å². The van der Waals surface area contributed by atoms with Gasteiger partial charge in [0.15, 0.2) is 0 Å². The van der Waals surface area contributed by atoms with Gasteiger partial charge in [0, 0.05) is 43.8 Å². The van der Waals surface area contributed by atoms with E-state index in [-0.39, 0.29) is 6.04 Å². The molecule has 1 unspecified atom stereocenters. The smallest absolute Gasteiger partial charge is 0.0945 e. The summed E-state index contributed by atoms with van der Waals surface area (Å²) in [7, 11) is 0. The number of aryl methyl sites for hydroxylation is 2. The number of benzene rings is 1. The molecule has 0 amide bonds. The van der Waals surface area contributed by atoms with Crippen LogP contribution in [0.1, 0.15) is 36.9 Å². The summed E-state index contributed by atoms with van der Waals surface area (Å²) in [6, 6.07) is 6.84. The Morgan fingerprint density at radius 1 is 1.33 bits per heavy atom. The summed E-state index contributed by atoms with van der Waals surface area (Å²) in [4.78, 5) is 6.60. The second kappa shape index (κ2) is 6.31. The van der Waals surface area contributed by atoms with Crippen molar-refractivity contribution in [1.82, 2.24) is 9.55 Å². The van der Waals surface area contributed by atoms with E-state index in [0.717, 1.165) is 26.1 Å². The molecule has 0 fully saturated rings. The highest BCUT2D eigenvalue weighted by molar-refractivity contribution is 5.57. The van der Waals surface area contributed by atoms with Crippen LogP contribution >= 0.6 is 0 Å². The molecule has 1 aliphatic rings. The fraction of sp³-hybridized carbons (Fsp3) is 0.471. The first-order valence-corrected chi connectivity index (χ1v) is 7.83. The number of imidazole rings is 1. The summed E-state index contributed by atoms with van der Waals surface area (Å²) in [6.45, 7) is 5.34. The van der Waals surface area contributed by atoms with E-state index < -0.39 is 0 Å². The molecular weight excluding hydrogens is 260 g/mol. The van der Waals surface area contributed by atoms with E-state index in [1.54, 1.807) is 0 Å². The second-order valence-corrected chi connectivity index (χ2v) is 5.92. The number of fused-ring (bicyclic) bond motifs is 1. The SMILES string of the molecule is CC(N)c1ccc2c(c1)CCCN2CCCn1ccnc1. The van der Waals surface area contributed by atoms with Crippen LogP contribution in [0.3, 0.4) is 0 Å². The van der Waals surface area contributed by atoms with E-state index >= 15 is 0 Å². The van der Waals surface area contributed by atoms with Gasteiger partial charge in [-0.3, -0.25) is 0 Å². The number of hydrogen-bond acceptors (Lipinski definition) is 3. The van der Waals surface area contributed by atoms with E-state index in [2.05, 4.69) is 32.7 Å². The zero-order chi connectivity index (χ0) is 14.7. The van der Waals surface area contributed by atoms with Gasteiger partial charge in [0.2, 0.25) is 0 Å². The van der Waals surface area contributed by atoms with E-state index in [1.807, 2.05) is 25.6 Å². The molecule has 1 aromatic carbocycles. The van der Waals surface area contributed by atoms with Gasteiger partial charge in [-0.15, -0.1) is 0 Å². The Labute approximate surface area is 126 Å². The summed E-state index contributed by atoms with van der Waals surface area (Å²) in [5, 5.41) is 0. The van der Waals surface area contributed by atoms with Gasteiger partial charge in [-0.05, 0) is 43.4 Å². The first kappa shape index (κ1) is 14.1. The summed E-state index contributed by atoms with van der Waals surface area (Å²) >= 11 is 0. The van der Waals surface area contributed by atoms with Crippen LogP contribution < -0.4 is 10.6 Å². The van der Waals surface area contributed by atoms with E-state index in [9.17, 15) is 0 Å². The lowest BCUT2D eigenvalue weighted by molar-refractivity contribution is 0.602. The lowest BCUT2D eigenvalue weighted by atomic mass is 9.97. The molecule has 2 aromatic rings. The summed E-state index contributed by atoms with van der Waals surface area (Å²) < 4.78 is 2.14. The fourth-order valence-electron chi connectivity index (χ4n) is 3.07. The molecule has 0 spiro atoms. The van der Waals surface area contributed by atoms with Gasteiger partial charge in [0.25, 0.3) is 0 Å². The minimum absolute atomic E-state index is 0.118. The third-order valence-electron chi connectivity index (χ3n) is 4.25. The first-order valence-electron chi connectivity index (χ1n) is 7.83. The number of aromatic nitrogens is 2. The average molecular weight is 284 g/mol. The molecule has 1 atom stereocenters. The van der Waals surface area contributed by atoms with Crippen molar-refractivity contribution >= 4 is 5.69 Å². The summed E-state index contributed by atoms with van der Waals surface area (Å²) in [6.07, 6.45) is 9.31. The first-order chi connectivity index (χ1) is 10.2. The zero-order valence-electron chi connectivity index (χ0n) is 12.7. The largest absolute Gasteiger partial charge is 0.371 e. The van der Waals surface area contributed by atoms with Crippen LogP contribution in [-0.4, -0.2) is 22.6 Å². The molecule has 0 saturated carbocycles. The van der Waals surface area contributed by atoms with Crippen molar-refractivity contribution in [2.24, 2.45) is 5.73 Å². The van der Waals surface area contributed by atoms with Crippen LogP contribution in [0.2, 0.25) is 0 Å².